The number of esters is 1. The molecule has 4 aromatic carbocycles. The molecule has 188 valence electrons. The number of anilines is 1. The molecule has 1 N–H and O–H groups in total. The minimum atomic E-state index is -0.625. The maximum atomic E-state index is 13.1. The zero-order valence-corrected chi connectivity index (χ0v) is 21.1. The lowest BCUT2D eigenvalue weighted by Gasteiger charge is -2.10. The summed E-state index contributed by atoms with van der Waals surface area (Å²) in [6.07, 6.45) is 0. The van der Waals surface area contributed by atoms with Crippen LogP contribution in [0.25, 0.3) is 43.5 Å². The fourth-order valence-corrected chi connectivity index (χ4v) is 5.17. The van der Waals surface area contributed by atoms with Crippen LogP contribution in [0.5, 0.6) is 5.75 Å². The van der Waals surface area contributed by atoms with Gasteiger partial charge >= 0.3 is 5.97 Å². The standard InChI is InChI=1S/C29H21N3O5S/c1-2-35-18-13-14-22-24(15-18)38-29(31-22)32-25(33)16-36-28(34)20-10-6-8-17-7-5-9-19(26(17)20)27-30-21-11-3-4-12-23(21)37-27/h3-15H,2,16H2,1H3,(H,31,32,33). The van der Waals surface area contributed by atoms with Crippen LogP contribution in [0.2, 0.25) is 0 Å². The third kappa shape index (κ3) is 4.55. The van der Waals surface area contributed by atoms with Crippen molar-refractivity contribution in [2.24, 2.45) is 0 Å². The Morgan fingerprint density at radius 3 is 2.63 bits per heavy atom. The molecule has 0 saturated heterocycles. The Hall–Kier alpha value is -4.76. The van der Waals surface area contributed by atoms with E-state index in [2.05, 4.69) is 15.3 Å². The highest BCUT2D eigenvalue weighted by Gasteiger charge is 2.19. The first-order valence-corrected chi connectivity index (χ1v) is 12.8. The van der Waals surface area contributed by atoms with E-state index in [1.54, 1.807) is 12.1 Å². The third-order valence-corrected chi connectivity index (χ3v) is 6.83. The van der Waals surface area contributed by atoms with Gasteiger partial charge in [0.2, 0.25) is 5.89 Å². The fraction of sp³-hybridized carbons (Fsp3) is 0.103. The van der Waals surface area contributed by atoms with Crippen molar-refractivity contribution in [2.45, 2.75) is 6.92 Å². The summed E-state index contributed by atoms with van der Waals surface area (Å²) in [5, 5.41) is 4.58. The molecule has 0 aliphatic rings. The van der Waals surface area contributed by atoms with Gasteiger partial charge < -0.3 is 13.9 Å². The number of nitrogens with one attached hydrogen (secondary N) is 1. The lowest BCUT2D eigenvalue weighted by molar-refractivity contribution is -0.119. The highest BCUT2D eigenvalue weighted by molar-refractivity contribution is 7.22. The van der Waals surface area contributed by atoms with E-state index in [4.69, 9.17) is 13.9 Å². The molecule has 2 aromatic heterocycles. The second-order valence-corrected chi connectivity index (χ2v) is 9.43. The highest BCUT2D eigenvalue weighted by Crippen LogP contribution is 2.33. The first-order valence-electron chi connectivity index (χ1n) is 12.0. The van der Waals surface area contributed by atoms with E-state index in [0.29, 0.717) is 39.7 Å². The van der Waals surface area contributed by atoms with Crippen molar-refractivity contribution < 1.29 is 23.5 Å². The van der Waals surface area contributed by atoms with Gasteiger partial charge in [-0.2, -0.15) is 0 Å². The third-order valence-electron chi connectivity index (χ3n) is 5.90. The van der Waals surface area contributed by atoms with Crippen molar-refractivity contribution in [1.29, 1.82) is 0 Å². The average molecular weight is 524 g/mol. The number of nitrogens with zero attached hydrogens (tertiary/aromatic N) is 2. The van der Waals surface area contributed by atoms with Crippen molar-refractivity contribution in [2.75, 3.05) is 18.5 Å². The van der Waals surface area contributed by atoms with Gasteiger partial charge in [-0.3, -0.25) is 10.1 Å². The first-order chi connectivity index (χ1) is 18.6. The predicted molar refractivity (Wildman–Crippen MR) is 147 cm³/mol. The smallest absolute Gasteiger partial charge is 0.339 e. The molecular weight excluding hydrogens is 502 g/mol. The Morgan fingerprint density at radius 2 is 1.79 bits per heavy atom. The number of thiazole rings is 1. The molecule has 0 fully saturated rings. The van der Waals surface area contributed by atoms with Crippen molar-refractivity contribution in [3.63, 3.8) is 0 Å². The van der Waals surface area contributed by atoms with Gasteiger partial charge in [0.15, 0.2) is 17.3 Å². The number of hydrogen-bond donors (Lipinski definition) is 1. The van der Waals surface area contributed by atoms with Crippen LogP contribution in [0.4, 0.5) is 5.13 Å². The summed E-state index contributed by atoms with van der Waals surface area (Å²) in [5.74, 6) is 0.0303. The Kier molecular flexibility index (Phi) is 6.19. The molecule has 0 spiro atoms. The van der Waals surface area contributed by atoms with Crippen LogP contribution >= 0.6 is 11.3 Å². The van der Waals surface area contributed by atoms with Crippen LogP contribution in [-0.2, 0) is 9.53 Å². The second-order valence-electron chi connectivity index (χ2n) is 8.40. The second kappa shape index (κ2) is 9.95. The summed E-state index contributed by atoms with van der Waals surface area (Å²) in [6.45, 7) is 2.02. The van der Waals surface area contributed by atoms with Crippen molar-refractivity contribution >= 4 is 60.4 Å². The molecule has 9 heteroatoms. The average Bonchev–Trinajstić information content (AvgIpc) is 3.54. The molecule has 6 aromatic rings. The fourth-order valence-electron chi connectivity index (χ4n) is 4.26. The molecule has 0 saturated carbocycles. The molecule has 0 atom stereocenters. The van der Waals surface area contributed by atoms with E-state index in [-0.39, 0.29) is 0 Å². The van der Waals surface area contributed by atoms with E-state index < -0.39 is 18.5 Å². The summed E-state index contributed by atoms with van der Waals surface area (Å²) in [6, 6.07) is 24.0. The van der Waals surface area contributed by atoms with Crippen LogP contribution in [0, 0.1) is 0 Å². The molecule has 1 amide bonds. The number of carbonyl (C=O) groups excluding carboxylic acids is 2. The van der Waals surface area contributed by atoms with Gasteiger partial charge in [0, 0.05) is 10.9 Å². The Labute approximate surface area is 220 Å². The normalized spacial score (nSPS) is 11.2. The van der Waals surface area contributed by atoms with E-state index in [1.807, 2.05) is 73.7 Å². The number of oxazole rings is 1. The number of para-hydroxylation sites is 2. The molecule has 0 aliphatic heterocycles. The van der Waals surface area contributed by atoms with Crippen LogP contribution in [0.1, 0.15) is 17.3 Å². The minimum Gasteiger partial charge on any atom is -0.494 e. The Morgan fingerprint density at radius 1 is 0.947 bits per heavy atom. The van der Waals surface area contributed by atoms with Crippen molar-refractivity contribution in [3.8, 4) is 17.2 Å². The van der Waals surface area contributed by atoms with Gasteiger partial charge in [-0.1, -0.05) is 47.7 Å². The van der Waals surface area contributed by atoms with Crippen molar-refractivity contribution in [3.05, 3.63) is 84.4 Å². The number of amides is 1. The SMILES string of the molecule is CCOc1ccc2nc(NC(=O)COC(=O)c3cccc4cccc(-c5nc6ccccc6o5)c34)sc2c1. The monoisotopic (exact) mass is 523 g/mol. The number of fused-ring (bicyclic) bond motifs is 3. The zero-order chi connectivity index (χ0) is 26.1. The van der Waals surface area contributed by atoms with Gasteiger partial charge in [-0.15, -0.1) is 0 Å². The quantitative estimate of drug-likeness (QED) is 0.240. The van der Waals surface area contributed by atoms with Gasteiger partial charge in [0.05, 0.1) is 22.4 Å². The number of ether oxygens (including phenoxy) is 2. The van der Waals surface area contributed by atoms with E-state index in [1.165, 1.54) is 11.3 Å². The number of benzene rings is 4. The van der Waals surface area contributed by atoms with Crippen LogP contribution in [0.3, 0.4) is 0 Å². The van der Waals surface area contributed by atoms with Gasteiger partial charge in [0.1, 0.15) is 11.3 Å². The lowest BCUT2D eigenvalue weighted by Crippen LogP contribution is -2.21. The summed E-state index contributed by atoms with van der Waals surface area (Å²) in [7, 11) is 0. The summed E-state index contributed by atoms with van der Waals surface area (Å²) < 4.78 is 17.8. The topological polar surface area (TPSA) is 104 Å². The molecule has 0 aliphatic carbocycles. The number of aromatic nitrogens is 2. The van der Waals surface area contributed by atoms with Gasteiger partial charge in [0.25, 0.3) is 5.91 Å². The van der Waals surface area contributed by atoms with Crippen LogP contribution in [0.15, 0.2) is 83.3 Å². The minimum absolute atomic E-state index is 0.316. The van der Waals surface area contributed by atoms with Gasteiger partial charge in [-0.25, -0.2) is 14.8 Å². The summed E-state index contributed by atoms with van der Waals surface area (Å²) >= 11 is 1.32. The zero-order valence-electron chi connectivity index (χ0n) is 20.3. The molecule has 6 rings (SSSR count). The van der Waals surface area contributed by atoms with Crippen molar-refractivity contribution in [1.82, 2.24) is 9.97 Å². The first kappa shape index (κ1) is 23.6. The largest absolute Gasteiger partial charge is 0.494 e. The van der Waals surface area contributed by atoms with Gasteiger partial charge in [-0.05, 0) is 54.8 Å². The van der Waals surface area contributed by atoms with E-state index in [0.717, 1.165) is 26.9 Å². The van der Waals surface area contributed by atoms with E-state index in [9.17, 15) is 9.59 Å². The number of carbonyl (C=O) groups is 2. The number of rotatable bonds is 7. The Bertz CT molecular complexity index is 1790. The molecular formula is C29H21N3O5S. The van der Waals surface area contributed by atoms with Crippen LogP contribution in [-0.4, -0.2) is 35.1 Å². The predicted octanol–water partition coefficient (Wildman–Crippen LogP) is 6.45. The molecule has 0 radical (unpaired) electrons. The summed E-state index contributed by atoms with van der Waals surface area (Å²) in [5.41, 5.74) is 3.10. The molecule has 0 unspecified atom stereocenters. The van der Waals surface area contributed by atoms with Crippen LogP contribution < -0.4 is 10.1 Å². The summed E-state index contributed by atoms with van der Waals surface area (Å²) in [4.78, 5) is 34.7. The number of hydrogen-bond acceptors (Lipinski definition) is 8. The molecule has 38 heavy (non-hydrogen) atoms. The Balaban J connectivity index is 1.21. The molecule has 2 heterocycles. The molecule has 8 nitrogen and oxygen atoms in total. The lowest BCUT2D eigenvalue weighted by atomic mass is 9.99. The maximum absolute atomic E-state index is 13.1. The highest BCUT2D eigenvalue weighted by atomic mass is 32.1. The van der Waals surface area contributed by atoms with E-state index >= 15 is 0 Å². The molecule has 0 bridgehead atoms. The maximum Gasteiger partial charge on any atom is 0.339 e.